The summed E-state index contributed by atoms with van der Waals surface area (Å²) in [5.41, 5.74) is 2.67. The van der Waals surface area contributed by atoms with Crippen molar-refractivity contribution in [2.24, 2.45) is 5.92 Å². The van der Waals surface area contributed by atoms with E-state index in [1.54, 1.807) is 23.5 Å². The largest absolute Gasteiger partial charge is 0.337 e. The van der Waals surface area contributed by atoms with Crippen molar-refractivity contribution in [1.29, 1.82) is 0 Å². The standard InChI is InChI=1S/C21H23N5O3S/c1-24(2)18-12-30(28,29)19-11-25(10-16(18)19)21(27)14-8-17-20(22-9-14)26(13-23-17)15-6-4-3-5-7-15/h3-9,13,16,18-19H,10-12H2,1-2H3/t16-,18+,19-/m0/s1. The number of rotatable bonds is 3. The van der Waals surface area contributed by atoms with Crippen LogP contribution >= 0.6 is 0 Å². The Kier molecular flexibility index (Phi) is 4.41. The van der Waals surface area contributed by atoms with E-state index >= 15 is 0 Å². The molecule has 0 saturated carbocycles. The summed E-state index contributed by atoms with van der Waals surface area (Å²) in [5, 5.41) is -0.483. The lowest BCUT2D eigenvalue weighted by Gasteiger charge is -2.25. The van der Waals surface area contributed by atoms with Crippen LogP contribution in [0.3, 0.4) is 0 Å². The molecule has 2 aromatic heterocycles. The Bertz CT molecular complexity index is 1220. The molecule has 4 heterocycles. The average molecular weight is 426 g/mol. The van der Waals surface area contributed by atoms with Crippen molar-refractivity contribution in [3.8, 4) is 5.69 Å². The van der Waals surface area contributed by atoms with Gasteiger partial charge >= 0.3 is 0 Å². The predicted molar refractivity (Wildman–Crippen MR) is 113 cm³/mol. The molecule has 156 valence electrons. The van der Waals surface area contributed by atoms with Crippen molar-refractivity contribution in [3.63, 3.8) is 0 Å². The predicted octanol–water partition coefficient (Wildman–Crippen LogP) is 1.22. The van der Waals surface area contributed by atoms with Gasteiger partial charge in [0.05, 0.1) is 16.6 Å². The van der Waals surface area contributed by atoms with Gasteiger partial charge in [0.25, 0.3) is 5.91 Å². The Labute approximate surface area is 175 Å². The van der Waals surface area contributed by atoms with E-state index in [1.807, 2.05) is 53.9 Å². The molecule has 0 radical (unpaired) electrons. The van der Waals surface area contributed by atoms with Crippen molar-refractivity contribution in [2.75, 3.05) is 32.9 Å². The van der Waals surface area contributed by atoms with Crippen LogP contribution in [0.15, 0.2) is 48.9 Å². The van der Waals surface area contributed by atoms with Crippen LogP contribution in [0.1, 0.15) is 10.4 Å². The van der Waals surface area contributed by atoms with E-state index in [1.165, 1.54) is 0 Å². The van der Waals surface area contributed by atoms with Crippen LogP contribution in [0, 0.1) is 5.92 Å². The van der Waals surface area contributed by atoms with Crippen LogP contribution < -0.4 is 0 Å². The highest BCUT2D eigenvalue weighted by atomic mass is 32.2. The summed E-state index contributed by atoms with van der Waals surface area (Å²) in [7, 11) is 0.598. The number of hydrogen-bond donors (Lipinski definition) is 0. The molecule has 2 aliphatic heterocycles. The van der Waals surface area contributed by atoms with Crippen LogP contribution in [-0.2, 0) is 9.84 Å². The number of sulfone groups is 1. The second kappa shape index (κ2) is 6.88. The van der Waals surface area contributed by atoms with E-state index in [4.69, 9.17) is 0 Å². The van der Waals surface area contributed by atoms with Crippen molar-refractivity contribution < 1.29 is 13.2 Å². The molecule has 8 nitrogen and oxygen atoms in total. The number of carbonyl (C=O) groups is 1. The van der Waals surface area contributed by atoms with E-state index < -0.39 is 15.1 Å². The third-order valence-corrected chi connectivity index (χ3v) is 8.51. The van der Waals surface area contributed by atoms with Gasteiger partial charge in [-0.3, -0.25) is 9.36 Å². The van der Waals surface area contributed by atoms with Gasteiger partial charge in [-0.2, -0.15) is 0 Å². The molecule has 2 saturated heterocycles. The summed E-state index contributed by atoms with van der Waals surface area (Å²) in [6.07, 6.45) is 3.24. The molecule has 0 aliphatic carbocycles. The van der Waals surface area contributed by atoms with Gasteiger partial charge in [0.2, 0.25) is 0 Å². The fourth-order valence-electron chi connectivity index (χ4n) is 4.71. The molecule has 1 aromatic carbocycles. The molecule has 0 N–H and O–H groups in total. The van der Waals surface area contributed by atoms with Gasteiger partial charge in [-0.05, 0) is 32.3 Å². The molecular weight excluding hydrogens is 402 g/mol. The third-order valence-electron chi connectivity index (χ3n) is 6.29. The maximum Gasteiger partial charge on any atom is 0.255 e. The molecule has 3 aromatic rings. The van der Waals surface area contributed by atoms with Crippen LogP contribution in [0.5, 0.6) is 0 Å². The van der Waals surface area contributed by atoms with E-state index in [9.17, 15) is 13.2 Å². The summed E-state index contributed by atoms with van der Waals surface area (Å²) in [4.78, 5) is 25.6. The monoisotopic (exact) mass is 425 g/mol. The number of aromatic nitrogens is 3. The molecule has 0 unspecified atom stereocenters. The lowest BCUT2D eigenvalue weighted by Crippen LogP contribution is -2.38. The molecular formula is C21H23N5O3S. The second-order valence-corrected chi connectivity index (χ2v) is 10.6. The van der Waals surface area contributed by atoms with E-state index in [2.05, 4.69) is 9.97 Å². The number of nitrogens with zero attached hydrogens (tertiary/aromatic N) is 5. The topological polar surface area (TPSA) is 88.4 Å². The van der Waals surface area contributed by atoms with Gasteiger partial charge in [-0.25, -0.2) is 18.4 Å². The lowest BCUT2D eigenvalue weighted by molar-refractivity contribution is 0.0779. The fraction of sp³-hybridized carbons (Fsp3) is 0.381. The van der Waals surface area contributed by atoms with Gasteiger partial charge in [0.15, 0.2) is 15.5 Å². The van der Waals surface area contributed by atoms with E-state index in [-0.39, 0.29) is 30.2 Å². The summed E-state index contributed by atoms with van der Waals surface area (Å²) in [6.45, 7) is 0.689. The summed E-state index contributed by atoms with van der Waals surface area (Å²) >= 11 is 0. The van der Waals surface area contributed by atoms with Crippen molar-refractivity contribution >= 4 is 26.9 Å². The minimum absolute atomic E-state index is 0.0528. The Balaban J connectivity index is 1.42. The first-order valence-electron chi connectivity index (χ1n) is 9.91. The van der Waals surface area contributed by atoms with Gasteiger partial charge in [-0.15, -0.1) is 0 Å². The van der Waals surface area contributed by atoms with Crippen molar-refractivity contribution in [1.82, 2.24) is 24.3 Å². The van der Waals surface area contributed by atoms with Crippen molar-refractivity contribution in [2.45, 2.75) is 11.3 Å². The zero-order valence-electron chi connectivity index (χ0n) is 16.8. The molecule has 0 bridgehead atoms. The van der Waals surface area contributed by atoms with Crippen LogP contribution in [0.25, 0.3) is 16.9 Å². The molecule has 2 fully saturated rings. The summed E-state index contributed by atoms with van der Waals surface area (Å²) in [5.74, 6) is -0.0781. The Morgan fingerprint density at radius 3 is 2.63 bits per heavy atom. The molecule has 9 heteroatoms. The minimum atomic E-state index is -3.20. The first-order chi connectivity index (χ1) is 14.3. The zero-order valence-corrected chi connectivity index (χ0v) is 17.7. The molecule has 5 rings (SSSR count). The molecule has 2 aliphatic rings. The number of hydrogen-bond acceptors (Lipinski definition) is 6. The Hall–Kier alpha value is -2.78. The number of pyridine rings is 1. The quantitative estimate of drug-likeness (QED) is 0.627. The van der Waals surface area contributed by atoms with Crippen LogP contribution in [-0.4, -0.2) is 82.9 Å². The third kappa shape index (κ3) is 3.00. The minimum Gasteiger partial charge on any atom is -0.337 e. The maximum absolute atomic E-state index is 13.1. The molecule has 3 atom stereocenters. The van der Waals surface area contributed by atoms with Gasteiger partial charge in [-0.1, -0.05) is 18.2 Å². The number of carbonyl (C=O) groups excluding carboxylic acids is 1. The number of amides is 1. The number of fused-ring (bicyclic) bond motifs is 2. The summed E-state index contributed by atoms with van der Waals surface area (Å²) < 4.78 is 27.0. The highest BCUT2D eigenvalue weighted by molar-refractivity contribution is 7.92. The van der Waals surface area contributed by atoms with Crippen molar-refractivity contribution in [3.05, 3.63) is 54.5 Å². The highest BCUT2D eigenvalue weighted by Gasteiger charge is 2.53. The summed E-state index contributed by atoms with van der Waals surface area (Å²) in [6, 6.07) is 11.4. The number of benzene rings is 1. The fourth-order valence-corrected chi connectivity index (χ4v) is 7.19. The number of para-hydroxylation sites is 1. The zero-order chi connectivity index (χ0) is 21.0. The average Bonchev–Trinajstić information content (AvgIpc) is 3.41. The SMILES string of the molecule is CN(C)[C@@H]1CS(=O)(=O)[C@H]2CN(C(=O)c3cnc4c(c3)ncn4-c3ccccc3)C[C@@H]12. The molecule has 30 heavy (non-hydrogen) atoms. The van der Waals surface area contributed by atoms with Crippen LogP contribution in [0.4, 0.5) is 0 Å². The smallest absolute Gasteiger partial charge is 0.255 e. The highest BCUT2D eigenvalue weighted by Crippen LogP contribution is 2.36. The van der Waals surface area contributed by atoms with Gasteiger partial charge < -0.3 is 9.80 Å². The molecule has 1 amide bonds. The Morgan fingerprint density at radius 1 is 1.13 bits per heavy atom. The first-order valence-corrected chi connectivity index (χ1v) is 11.6. The normalized spacial score (nSPS) is 25.2. The van der Waals surface area contributed by atoms with E-state index in [0.717, 1.165) is 5.69 Å². The van der Waals surface area contributed by atoms with E-state index in [0.29, 0.717) is 23.3 Å². The lowest BCUT2D eigenvalue weighted by atomic mass is 10.00. The van der Waals surface area contributed by atoms with Gasteiger partial charge in [0, 0.05) is 36.9 Å². The molecule has 0 spiro atoms. The number of imidazole rings is 1. The van der Waals surface area contributed by atoms with Crippen LogP contribution in [0.2, 0.25) is 0 Å². The Morgan fingerprint density at radius 2 is 1.90 bits per heavy atom. The second-order valence-electron chi connectivity index (χ2n) is 8.29. The van der Waals surface area contributed by atoms with Gasteiger partial charge in [0.1, 0.15) is 11.8 Å². The number of likely N-dealkylation sites (tertiary alicyclic amines) is 1. The maximum atomic E-state index is 13.1. The first kappa shape index (κ1) is 19.2.